The lowest BCUT2D eigenvalue weighted by molar-refractivity contribution is -0.122. The maximum Gasteiger partial charge on any atom is 0.264 e. The molecule has 1 unspecified atom stereocenters. The molecule has 2 amide bonds. The van der Waals surface area contributed by atoms with Crippen molar-refractivity contribution < 1.29 is 9.59 Å². The predicted molar refractivity (Wildman–Crippen MR) is 90.7 cm³/mol. The van der Waals surface area contributed by atoms with Crippen LogP contribution in [0, 0.1) is 0 Å². The van der Waals surface area contributed by atoms with Crippen LogP contribution >= 0.6 is 27.3 Å². The van der Waals surface area contributed by atoms with Gasteiger partial charge in [0.2, 0.25) is 5.91 Å². The molecule has 21 heavy (non-hydrogen) atoms. The summed E-state index contributed by atoms with van der Waals surface area (Å²) < 4.78 is 0.910. The van der Waals surface area contributed by atoms with Crippen molar-refractivity contribution in [3.05, 3.63) is 20.8 Å². The number of hydrogen-bond acceptors (Lipinski definition) is 3. The fourth-order valence-electron chi connectivity index (χ4n) is 2.00. The fourth-order valence-corrected chi connectivity index (χ4v) is 3.38. The summed E-state index contributed by atoms with van der Waals surface area (Å²) in [6, 6.07) is 3.75. The number of rotatable bonds is 8. The average Bonchev–Trinajstić information content (AvgIpc) is 2.84. The number of nitrogens with one attached hydrogen (secondary N) is 1. The molecule has 0 radical (unpaired) electrons. The second-order valence-corrected chi connectivity index (χ2v) is 7.69. The molecule has 0 bridgehead atoms. The molecule has 0 aliphatic heterocycles. The summed E-state index contributed by atoms with van der Waals surface area (Å²) in [4.78, 5) is 26.1. The summed E-state index contributed by atoms with van der Waals surface area (Å²) in [6.45, 7) is 4.25. The van der Waals surface area contributed by atoms with Crippen molar-refractivity contribution in [2.75, 3.05) is 13.6 Å². The van der Waals surface area contributed by atoms with Gasteiger partial charge in [-0.2, -0.15) is 0 Å². The van der Waals surface area contributed by atoms with Gasteiger partial charge in [-0.05, 0) is 41.4 Å². The third-order valence-corrected chi connectivity index (χ3v) is 4.77. The SMILES string of the molecule is CCCCCC(C)NC(=O)CN(C)C(=O)c1ccc(Br)s1. The highest BCUT2D eigenvalue weighted by molar-refractivity contribution is 9.11. The van der Waals surface area contributed by atoms with Crippen LogP contribution < -0.4 is 5.32 Å². The van der Waals surface area contributed by atoms with Crippen molar-refractivity contribution >= 4 is 39.1 Å². The zero-order valence-electron chi connectivity index (χ0n) is 12.8. The highest BCUT2D eigenvalue weighted by atomic mass is 79.9. The molecule has 1 aromatic heterocycles. The summed E-state index contributed by atoms with van der Waals surface area (Å²) >= 11 is 4.70. The van der Waals surface area contributed by atoms with E-state index in [0.29, 0.717) is 4.88 Å². The Balaban J connectivity index is 2.38. The van der Waals surface area contributed by atoms with Crippen LogP contribution in [0.25, 0.3) is 0 Å². The van der Waals surface area contributed by atoms with E-state index < -0.39 is 0 Å². The molecule has 0 aliphatic rings. The van der Waals surface area contributed by atoms with Crippen molar-refractivity contribution in [3.8, 4) is 0 Å². The van der Waals surface area contributed by atoms with Gasteiger partial charge in [-0.25, -0.2) is 0 Å². The molecule has 1 heterocycles. The van der Waals surface area contributed by atoms with E-state index in [4.69, 9.17) is 0 Å². The van der Waals surface area contributed by atoms with Crippen LogP contribution in [0.15, 0.2) is 15.9 Å². The van der Waals surface area contributed by atoms with Crippen LogP contribution in [0.2, 0.25) is 0 Å². The first-order valence-corrected chi connectivity index (χ1v) is 8.85. The van der Waals surface area contributed by atoms with Crippen molar-refractivity contribution in [1.29, 1.82) is 0 Å². The smallest absolute Gasteiger partial charge is 0.264 e. The topological polar surface area (TPSA) is 49.4 Å². The number of carbonyl (C=O) groups excluding carboxylic acids is 2. The van der Waals surface area contributed by atoms with Gasteiger partial charge in [0.15, 0.2) is 0 Å². The Morgan fingerprint density at radius 3 is 2.67 bits per heavy atom. The summed E-state index contributed by atoms with van der Waals surface area (Å²) in [7, 11) is 1.65. The molecular formula is C15H23BrN2O2S. The zero-order valence-corrected chi connectivity index (χ0v) is 15.2. The minimum atomic E-state index is -0.125. The van der Waals surface area contributed by atoms with E-state index in [1.807, 2.05) is 13.0 Å². The number of amides is 2. The van der Waals surface area contributed by atoms with Crippen LogP contribution in [0.5, 0.6) is 0 Å². The van der Waals surface area contributed by atoms with E-state index in [1.165, 1.54) is 29.1 Å². The molecule has 0 saturated carbocycles. The fraction of sp³-hybridized carbons (Fsp3) is 0.600. The maximum atomic E-state index is 12.1. The number of hydrogen-bond donors (Lipinski definition) is 1. The van der Waals surface area contributed by atoms with E-state index >= 15 is 0 Å². The molecule has 0 aromatic carbocycles. The normalized spacial score (nSPS) is 12.0. The van der Waals surface area contributed by atoms with Crippen LogP contribution in [-0.4, -0.2) is 36.3 Å². The van der Waals surface area contributed by atoms with Crippen LogP contribution in [0.4, 0.5) is 0 Å². The molecule has 0 spiro atoms. The predicted octanol–water partition coefficient (Wildman–Crippen LogP) is 3.67. The lowest BCUT2D eigenvalue weighted by Gasteiger charge is -2.18. The molecule has 0 aliphatic carbocycles. The molecular weight excluding hydrogens is 352 g/mol. The second kappa shape index (κ2) is 9.20. The number of thiophene rings is 1. The minimum Gasteiger partial charge on any atom is -0.352 e. The van der Waals surface area contributed by atoms with Crippen molar-refractivity contribution in [3.63, 3.8) is 0 Å². The Bertz CT molecular complexity index is 476. The summed E-state index contributed by atoms with van der Waals surface area (Å²) in [5.74, 6) is -0.232. The molecule has 1 rings (SSSR count). The van der Waals surface area contributed by atoms with Crippen molar-refractivity contribution in [1.82, 2.24) is 10.2 Å². The number of likely N-dealkylation sites (N-methyl/N-ethyl adjacent to an activating group) is 1. The van der Waals surface area contributed by atoms with E-state index in [-0.39, 0.29) is 24.4 Å². The Morgan fingerprint density at radius 1 is 1.38 bits per heavy atom. The van der Waals surface area contributed by atoms with Gasteiger partial charge in [-0.1, -0.05) is 26.2 Å². The lowest BCUT2D eigenvalue weighted by atomic mass is 10.1. The number of unbranched alkanes of at least 4 members (excludes halogenated alkanes) is 2. The third-order valence-electron chi connectivity index (χ3n) is 3.16. The zero-order chi connectivity index (χ0) is 15.8. The highest BCUT2D eigenvalue weighted by Crippen LogP contribution is 2.22. The largest absolute Gasteiger partial charge is 0.352 e. The van der Waals surface area contributed by atoms with Crippen LogP contribution in [-0.2, 0) is 4.79 Å². The van der Waals surface area contributed by atoms with Crippen LogP contribution in [0.1, 0.15) is 49.2 Å². The minimum absolute atomic E-state index is 0.0898. The van der Waals surface area contributed by atoms with Crippen molar-refractivity contribution in [2.45, 2.75) is 45.6 Å². The van der Waals surface area contributed by atoms with Crippen molar-refractivity contribution in [2.24, 2.45) is 0 Å². The number of halogens is 1. The summed E-state index contributed by atoms with van der Waals surface area (Å²) in [6.07, 6.45) is 4.46. The van der Waals surface area contributed by atoms with Gasteiger partial charge in [-0.3, -0.25) is 9.59 Å². The van der Waals surface area contributed by atoms with E-state index in [2.05, 4.69) is 28.2 Å². The molecule has 1 aromatic rings. The van der Waals surface area contributed by atoms with E-state index in [9.17, 15) is 9.59 Å². The quantitative estimate of drug-likeness (QED) is 0.705. The average molecular weight is 375 g/mol. The summed E-state index contributed by atoms with van der Waals surface area (Å²) in [5, 5.41) is 2.94. The summed E-state index contributed by atoms with van der Waals surface area (Å²) in [5.41, 5.74) is 0. The molecule has 1 atom stereocenters. The molecule has 1 N–H and O–H groups in total. The van der Waals surface area contributed by atoms with Gasteiger partial charge in [0, 0.05) is 13.1 Å². The van der Waals surface area contributed by atoms with Gasteiger partial charge in [0.25, 0.3) is 5.91 Å². The Hall–Kier alpha value is -0.880. The van der Waals surface area contributed by atoms with Gasteiger partial charge < -0.3 is 10.2 Å². The molecule has 118 valence electrons. The van der Waals surface area contributed by atoms with Gasteiger partial charge in [-0.15, -0.1) is 11.3 Å². The molecule has 0 saturated heterocycles. The number of carbonyl (C=O) groups is 2. The second-order valence-electron chi connectivity index (χ2n) is 5.23. The number of nitrogens with zero attached hydrogens (tertiary/aromatic N) is 1. The first kappa shape index (κ1) is 18.2. The van der Waals surface area contributed by atoms with Gasteiger partial charge >= 0.3 is 0 Å². The van der Waals surface area contributed by atoms with E-state index in [0.717, 1.165) is 16.6 Å². The van der Waals surface area contributed by atoms with Gasteiger partial charge in [0.05, 0.1) is 15.2 Å². The first-order chi connectivity index (χ1) is 9.93. The monoisotopic (exact) mass is 374 g/mol. The molecule has 0 fully saturated rings. The Kier molecular flexibility index (Phi) is 7.96. The maximum absolute atomic E-state index is 12.1. The van der Waals surface area contributed by atoms with Crippen LogP contribution in [0.3, 0.4) is 0 Å². The standard InChI is InChI=1S/C15H23BrN2O2S/c1-4-5-6-7-11(2)17-14(19)10-18(3)15(20)12-8-9-13(16)21-12/h8-9,11H,4-7,10H2,1-3H3,(H,17,19). The molecule has 4 nitrogen and oxygen atoms in total. The first-order valence-electron chi connectivity index (χ1n) is 7.24. The Labute approximate surface area is 139 Å². The Morgan fingerprint density at radius 2 is 2.10 bits per heavy atom. The van der Waals surface area contributed by atoms with E-state index in [1.54, 1.807) is 13.1 Å². The van der Waals surface area contributed by atoms with Gasteiger partial charge in [0.1, 0.15) is 0 Å². The lowest BCUT2D eigenvalue weighted by Crippen LogP contribution is -2.41. The molecule has 6 heteroatoms. The highest BCUT2D eigenvalue weighted by Gasteiger charge is 2.17. The third kappa shape index (κ3) is 6.61.